The highest BCUT2D eigenvalue weighted by molar-refractivity contribution is 9.11. The van der Waals surface area contributed by atoms with E-state index >= 15 is 0 Å². The van der Waals surface area contributed by atoms with Crippen molar-refractivity contribution >= 4 is 55.5 Å². The van der Waals surface area contributed by atoms with Gasteiger partial charge in [-0.1, -0.05) is 18.2 Å². The molecule has 0 aliphatic heterocycles. The number of esters is 1. The van der Waals surface area contributed by atoms with Gasteiger partial charge in [-0.25, -0.2) is 0 Å². The lowest BCUT2D eigenvalue weighted by atomic mass is 10.1. The Balaban J connectivity index is 2.34. The highest BCUT2D eigenvalue weighted by atomic mass is 79.9. The minimum atomic E-state index is -0.494. The van der Waals surface area contributed by atoms with Gasteiger partial charge >= 0.3 is 5.97 Å². The Kier molecular flexibility index (Phi) is 6.94. The molecule has 0 spiro atoms. The Morgan fingerprint density at radius 1 is 1.15 bits per heavy atom. The highest BCUT2D eigenvalue weighted by Crippen LogP contribution is 2.35. The number of nitrogens with zero attached hydrogens (tertiary/aromatic N) is 1. The third-order valence-electron chi connectivity index (χ3n) is 3.66. The van der Waals surface area contributed by atoms with E-state index in [1.54, 1.807) is 12.1 Å². The number of ether oxygens (including phenoxy) is 1. The van der Waals surface area contributed by atoms with Gasteiger partial charge in [0.1, 0.15) is 11.6 Å². The molecule has 2 aromatic carbocycles. The summed E-state index contributed by atoms with van der Waals surface area (Å²) in [5.41, 5.74) is 3.07. The number of benzene rings is 2. The van der Waals surface area contributed by atoms with Crippen LogP contribution >= 0.6 is 31.9 Å². The van der Waals surface area contributed by atoms with E-state index in [1.807, 2.05) is 38.1 Å². The summed E-state index contributed by atoms with van der Waals surface area (Å²) in [6.07, 6.45) is 1.47. The van der Waals surface area contributed by atoms with Crippen molar-refractivity contribution in [3.8, 4) is 11.8 Å². The van der Waals surface area contributed by atoms with Crippen LogP contribution in [0.2, 0.25) is 0 Å². The van der Waals surface area contributed by atoms with Gasteiger partial charge in [-0.2, -0.15) is 5.26 Å². The second kappa shape index (κ2) is 8.98. The summed E-state index contributed by atoms with van der Waals surface area (Å²) < 4.78 is 6.16. The summed E-state index contributed by atoms with van der Waals surface area (Å²) in [4.78, 5) is 23.7. The molecule has 0 heterocycles. The average Bonchev–Trinajstić information content (AvgIpc) is 2.59. The SMILES string of the molecule is CC(=O)Oc1c(Br)cc(C=C(C#N)C(=O)Nc2c(C)cccc2C)cc1Br. The molecule has 0 aliphatic carbocycles. The second-order valence-electron chi connectivity index (χ2n) is 5.80. The van der Waals surface area contributed by atoms with Crippen molar-refractivity contribution in [2.24, 2.45) is 0 Å². The molecule has 0 saturated carbocycles. The number of carbonyl (C=O) groups is 2. The van der Waals surface area contributed by atoms with E-state index < -0.39 is 11.9 Å². The Morgan fingerprint density at radius 3 is 2.19 bits per heavy atom. The number of nitrogens with one attached hydrogen (secondary N) is 1. The average molecular weight is 492 g/mol. The minimum Gasteiger partial charge on any atom is -0.424 e. The number of hydrogen-bond donors (Lipinski definition) is 1. The number of nitriles is 1. The lowest BCUT2D eigenvalue weighted by molar-refractivity contribution is -0.132. The molecule has 1 N–H and O–H groups in total. The van der Waals surface area contributed by atoms with Gasteiger partial charge in [0.25, 0.3) is 5.91 Å². The lowest BCUT2D eigenvalue weighted by Gasteiger charge is -2.11. The van der Waals surface area contributed by atoms with Gasteiger partial charge < -0.3 is 10.1 Å². The molecule has 0 bridgehead atoms. The Labute approximate surface area is 174 Å². The summed E-state index contributed by atoms with van der Waals surface area (Å²) in [7, 11) is 0. The fourth-order valence-electron chi connectivity index (χ4n) is 2.41. The molecule has 0 saturated heterocycles. The Bertz CT molecular complexity index is 948. The normalized spacial score (nSPS) is 10.9. The van der Waals surface area contributed by atoms with Crippen molar-refractivity contribution in [1.29, 1.82) is 5.26 Å². The van der Waals surface area contributed by atoms with E-state index in [9.17, 15) is 14.9 Å². The fourth-order valence-corrected chi connectivity index (χ4v) is 3.80. The summed E-state index contributed by atoms with van der Waals surface area (Å²) in [5, 5.41) is 12.2. The van der Waals surface area contributed by atoms with Gasteiger partial charge in [0.2, 0.25) is 0 Å². The number of amides is 1. The van der Waals surface area contributed by atoms with E-state index in [4.69, 9.17) is 4.74 Å². The van der Waals surface area contributed by atoms with Crippen molar-refractivity contribution in [1.82, 2.24) is 0 Å². The first kappa shape index (κ1) is 20.9. The van der Waals surface area contributed by atoms with Crippen molar-refractivity contribution < 1.29 is 14.3 Å². The molecule has 0 atom stereocenters. The zero-order valence-corrected chi connectivity index (χ0v) is 18.1. The molecular weight excluding hydrogens is 476 g/mol. The van der Waals surface area contributed by atoms with Gasteiger partial charge in [0.15, 0.2) is 5.75 Å². The van der Waals surface area contributed by atoms with Gasteiger partial charge in [0.05, 0.1) is 8.95 Å². The smallest absolute Gasteiger partial charge is 0.308 e. The molecule has 0 fully saturated rings. The molecule has 0 unspecified atom stereocenters. The predicted octanol–water partition coefficient (Wildman–Crippen LogP) is 5.30. The van der Waals surface area contributed by atoms with Crippen LogP contribution in [0.3, 0.4) is 0 Å². The minimum absolute atomic E-state index is 0.0447. The monoisotopic (exact) mass is 490 g/mol. The Morgan fingerprint density at radius 2 is 1.70 bits per heavy atom. The maximum absolute atomic E-state index is 12.5. The molecule has 0 radical (unpaired) electrons. The number of para-hydroxylation sites is 1. The molecule has 2 aromatic rings. The molecule has 5 nitrogen and oxygen atoms in total. The van der Waals surface area contributed by atoms with Crippen LogP contribution in [0, 0.1) is 25.2 Å². The lowest BCUT2D eigenvalue weighted by Crippen LogP contribution is -2.15. The number of halogens is 2. The van der Waals surface area contributed by atoms with E-state index in [-0.39, 0.29) is 5.57 Å². The maximum Gasteiger partial charge on any atom is 0.308 e. The van der Waals surface area contributed by atoms with Gasteiger partial charge in [0, 0.05) is 12.6 Å². The van der Waals surface area contributed by atoms with Gasteiger partial charge in [-0.05, 0) is 80.6 Å². The summed E-state index contributed by atoms with van der Waals surface area (Å²) in [6, 6.07) is 10.9. The van der Waals surface area contributed by atoms with E-state index in [2.05, 4.69) is 37.2 Å². The quantitative estimate of drug-likeness (QED) is 0.272. The van der Waals surface area contributed by atoms with Crippen LogP contribution in [-0.2, 0) is 9.59 Å². The first-order valence-corrected chi connectivity index (χ1v) is 9.48. The Hall–Kier alpha value is -2.43. The summed E-state index contributed by atoms with van der Waals surface area (Å²) in [5.74, 6) is -0.616. The molecule has 138 valence electrons. The number of anilines is 1. The second-order valence-corrected chi connectivity index (χ2v) is 7.51. The number of carbonyl (C=O) groups excluding carboxylic acids is 2. The summed E-state index contributed by atoms with van der Waals surface area (Å²) >= 11 is 6.66. The molecular formula is C20H16Br2N2O3. The van der Waals surface area contributed by atoms with Crippen LogP contribution in [0.1, 0.15) is 23.6 Å². The van der Waals surface area contributed by atoms with Crippen molar-refractivity contribution in [2.75, 3.05) is 5.32 Å². The molecule has 2 rings (SSSR count). The fraction of sp³-hybridized carbons (Fsp3) is 0.150. The number of aryl methyl sites for hydroxylation is 2. The maximum atomic E-state index is 12.5. The van der Waals surface area contributed by atoms with E-state index in [0.29, 0.717) is 25.9 Å². The van der Waals surface area contributed by atoms with E-state index in [0.717, 1.165) is 11.1 Å². The van der Waals surface area contributed by atoms with Crippen molar-refractivity contribution in [3.63, 3.8) is 0 Å². The van der Waals surface area contributed by atoms with Gasteiger partial charge in [-0.15, -0.1) is 0 Å². The molecule has 27 heavy (non-hydrogen) atoms. The van der Waals surface area contributed by atoms with Crippen LogP contribution in [0.4, 0.5) is 5.69 Å². The topological polar surface area (TPSA) is 79.2 Å². The van der Waals surface area contributed by atoms with Crippen LogP contribution in [0.25, 0.3) is 6.08 Å². The van der Waals surface area contributed by atoms with Crippen molar-refractivity contribution in [2.45, 2.75) is 20.8 Å². The number of rotatable bonds is 4. The number of hydrogen-bond acceptors (Lipinski definition) is 4. The standard InChI is InChI=1S/C20H16Br2N2O3/c1-11-5-4-6-12(2)18(11)24-20(26)15(10-23)7-14-8-16(21)19(17(22)9-14)27-13(3)25/h4-9H,1-3H3,(H,24,26). The van der Waals surface area contributed by atoms with E-state index in [1.165, 1.54) is 13.0 Å². The van der Waals surface area contributed by atoms with Crippen molar-refractivity contribution in [3.05, 3.63) is 61.5 Å². The third-order valence-corrected chi connectivity index (χ3v) is 4.84. The first-order chi connectivity index (χ1) is 12.7. The van der Waals surface area contributed by atoms with Gasteiger partial charge in [-0.3, -0.25) is 9.59 Å². The van der Waals surface area contributed by atoms with Crippen LogP contribution in [0.15, 0.2) is 44.9 Å². The zero-order chi connectivity index (χ0) is 20.1. The zero-order valence-electron chi connectivity index (χ0n) is 14.9. The predicted molar refractivity (Wildman–Crippen MR) is 111 cm³/mol. The third kappa shape index (κ3) is 5.28. The first-order valence-electron chi connectivity index (χ1n) is 7.89. The molecule has 1 amide bonds. The molecule has 7 heteroatoms. The van der Waals surface area contributed by atoms with Crippen LogP contribution in [-0.4, -0.2) is 11.9 Å². The summed E-state index contributed by atoms with van der Waals surface area (Å²) in [6.45, 7) is 5.08. The highest BCUT2D eigenvalue weighted by Gasteiger charge is 2.15. The molecule has 0 aromatic heterocycles. The van der Waals surface area contributed by atoms with Crippen LogP contribution in [0.5, 0.6) is 5.75 Å². The van der Waals surface area contributed by atoms with Crippen LogP contribution < -0.4 is 10.1 Å². The largest absolute Gasteiger partial charge is 0.424 e. The molecule has 0 aliphatic rings.